The average Bonchev–Trinajstić information content (AvgIpc) is 2.45. The van der Waals surface area contributed by atoms with Crippen molar-refractivity contribution in [1.29, 1.82) is 5.41 Å². The summed E-state index contributed by atoms with van der Waals surface area (Å²) in [6, 6.07) is 13.2. The van der Waals surface area contributed by atoms with Crippen molar-refractivity contribution in [2.75, 3.05) is 12.4 Å². The first kappa shape index (κ1) is 14.3. The van der Waals surface area contributed by atoms with Crippen LogP contribution in [0.1, 0.15) is 5.56 Å². The molecule has 2 rings (SSSR count). The number of nitrogens with zero attached hydrogens (tertiary/aromatic N) is 1. The molecule has 0 amide bonds. The van der Waals surface area contributed by atoms with Gasteiger partial charge in [-0.15, -0.1) is 0 Å². The summed E-state index contributed by atoms with van der Waals surface area (Å²) in [6.07, 6.45) is 0. The van der Waals surface area contributed by atoms with E-state index in [-0.39, 0.29) is 5.96 Å². The van der Waals surface area contributed by atoms with Crippen LogP contribution in [0.3, 0.4) is 0 Å². The van der Waals surface area contributed by atoms with Gasteiger partial charge in [0.1, 0.15) is 16.2 Å². The van der Waals surface area contributed by atoms with Crippen LogP contribution >= 0.6 is 15.9 Å². The summed E-state index contributed by atoms with van der Waals surface area (Å²) in [6.45, 7) is 0.504. The quantitative estimate of drug-likeness (QED) is 0.456. The molecule has 0 atom stereocenters. The van der Waals surface area contributed by atoms with Gasteiger partial charge < -0.3 is 15.4 Å². The lowest BCUT2D eigenvalue weighted by molar-refractivity contribution is 0.409. The minimum absolute atomic E-state index is 0.182. The van der Waals surface area contributed by atoms with Crippen molar-refractivity contribution in [2.45, 2.75) is 6.54 Å². The van der Waals surface area contributed by atoms with Crippen LogP contribution < -0.4 is 15.4 Å². The van der Waals surface area contributed by atoms with Crippen molar-refractivity contribution in [1.82, 2.24) is 10.3 Å². The third-order valence-corrected chi connectivity index (χ3v) is 3.06. The Balaban J connectivity index is 1.92. The number of anilines is 1. The van der Waals surface area contributed by atoms with Gasteiger partial charge in [0, 0.05) is 12.1 Å². The lowest BCUT2D eigenvalue weighted by Gasteiger charge is -2.12. The monoisotopic (exact) mass is 334 g/mol. The van der Waals surface area contributed by atoms with Crippen molar-refractivity contribution in [3.8, 4) is 5.75 Å². The topological polar surface area (TPSA) is 70.0 Å². The first-order valence-corrected chi connectivity index (χ1v) is 6.82. The normalized spacial score (nSPS) is 9.90. The van der Waals surface area contributed by atoms with E-state index >= 15 is 0 Å². The Morgan fingerprint density at radius 2 is 2.05 bits per heavy atom. The third-order valence-electron chi connectivity index (χ3n) is 2.62. The van der Waals surface area contributed by atoms with Crippen molar-refractivity contribution in [2.24, 2.45) is 0 Å². The summed E-state index contributed by atoms with van der Waals surface area (Å²) < 4.78 is 5.98. The Kier molecular flexibility index (Phi) is 4.95. The fourth-order valence-corrected chi connectivity index (χ4v) is 2.03. The minimum atomic E-state index is 0.182. The predicted molar refractivity (Wildman–Crippen MR) is 83.1 cm³/mol. The number of methoxy groups -OCH3 is 1. The number of nitrogens with one attached hydrogen (secondary N) is 3. The molecule has 1 aromatic carbocycles. The predicted octanol–water partition coefficient (Wildman–Crippen LogP) is 2.99. The number of hydrogen-bond donors (Lipinski definition) is 3. The van der Waals surface area contributed by atoms with Crippen LogP contribution in [-0.2, 0) is 6.54 Å². The van der Waals surface area contributed by atoms with E-state index < -0.39 is 0 Å². The molecular weight excluding hydrogens is 320 g/mol. The van der Waals surface area contributed by atoms with Gasteiger partial charge >= 0.3 is 0 Å². The van der Waals surface area contributed by atoms with E-state index in [1.54, 1.807) is 13.2 Å². The van der Waals surface area contributed by atoms with Gasteiger partial charge in [-0.1, -0.05) is 24.3 Å². The highest BCUT2D eigenvalue weighted by Crippen LogP contribution is 2.16. The molecule has 1 heterocycles. The smallest absolute Gasteiger partial charge is 0.194 e. The number of para-hydroxylation sites is 1. The standard InChI is InChI=1S/C14H15BrN4O/c1-20-11-6-3-2-5-10(11)9-17-14(16)19-13-8-4-7-12(15)18-13/h2-8H,9H2,1H3,(H3,16,17,18,19). The summed E-state index contributed by atoms with van der Waals surface area (Å²) in [5.41, 5.74) is 0.990. The van der Waals surface area contributed by atoms with Crippen molar-refractivity contribution in [3.63, 3.8) is 0 Å². The van der Waals surface area contributed by atoms with Crippen LogP contribution in [-0.4, -0.2) is 18.1 Å². The second kappa shape index (κ2) is 6.91. The van der Waals surface area contributed by atoms with Gasteiger partial charge in [-0.3, -0.25) is 5.41 Å². The number of guanidine groups is 1. The number of halogens is 1. The van der Waals surface area contributed by atoms with Crippen LogP contribution in [0.5, 0.6) is 5.75 Å². The van der Waals surface area contributed by atoms with E-state index in [0.717, 1.165) is 15.9 Å². The molecule has 3 N–H and O–H groups in total. The first-order valence-electron chi connectivity index (χ1n) is 6.03. The zero-order chi connectivity index (χ0) is 14.4. The van der Waals surface area contributed by atoms with Gasteiger partial charge in [-0.25, -0.2) is 4.98 Å². The SMILES string of the molecule is COc1ccccc1CNC(=N)Nc1cccc(Br)n1. The van der Waals surface area contributed by atoms with Crippen LogP contribution in [0.2, 0.25) is 0 Å². The van der Waals surface area contributed by atoms with Crippen molar-refractivity contribution < 1.29 is 4.74 Å². The highest BCUT2D eigenvalue weighted by atomic mass is 79.9. The number of ether oxygens (including phenoxy) is 1. The molecule has 0 aliphatic carbocycles. The molecule has 0 bridgehead atoms. The molecule has 0 saturated carbocycles. The molecule has 5 nitrogen and oxygen atoms in total. The molecule has 1 aromatic heterocycles. The molecule has 0 spiro atoms. The Bertz CT molecular complexity index is 603. The Morgan fingerprint density at radius 3 is 2.80 bits per heavy atom. The van der Waals surface area contributed by atoms with E-state index in [1.807, 2.05) is 36.4 Å². The highest BCUT2D eigenvalue weighted by Gasteiger charge is 2.03. The summed E-state index contributed by atoms with van der Waals surface area (Å²) in [7, 11) is 1.63. The molecule has 0 saturated heterocycles. The second-order valence-corrected chi connectivity index (χ2v) is 4.82. The number of pyridine rings is 1. The molecule has 0 fully saturated rings. The van der Waals surface area contributed by atoms with Crippen LogP contribution in [0.4, 0.5) is 5.82 Å². The maximum absolute atomic E-state index is 7.86. The van der Waals surface area contributed by atoms with E-state index in [4.69, 9.17) is 10.1 Å². The van der Waals surface area contributed by atoms with E-state index in [1.165, 1.54) is 0 Å². The summed E-state index contributed by atoms with van der Waals surface area (Å²) in [4.78, 5) is 4.20. The van der Waals surface area contributed by atoms with Crippen molar-refractivity contribution in [3.05, 3.63) is 52.6 Å². The fraction of sp³-hybridized carbons (Fsp3) is 0.143. The molecule has 0 radical (unpaired) electrons. The number of aromatic nitrogens is 1. The lowest BCUT2D eigenvalue weighted by atomic mass is 10.2. The minimum Gasteiger partial charge on any atom is -0.496 e. The van der Waals surface area contributed by atoms with Gasteiger partial charge in [0.25, 0.3) is 0 Å². The van der Waals surface area contributed by atoms with E-state index in [2.05, 4.69) is 31.5 Å². The van der Waals surface area contributed by atoms with Crippen LogP contribution in [0, 0.1) is 5.41 Å². The number of benzene rings is 1. The van der Waals surface area contributed by atoms with E-state index in [9.17, 15) is 0 Å². The van der Waals surface area contributed by atoms with E-state index in [0.29, 0.717) is 12.4 Å². The molecule has 0 unspecified atom stereocenters. The first-order chi connectivity index (χ1) is 9.69. The maximum Gasteiger partial charge on any atom is 0.194 e. The number of hydrogen-bond acceptors (Lipinski definition) is 3. The molecule has 0 aliphatic heterocycles. The lowest BCUT2D eigenvalue weighted by Crippen LogP contribution is -2.29. The van der Waals surface area contributed by atoms with Crippen LogP contribution in [0.15, 0.2) is 47.1 Å². The molecule has 6 heteroatoms. The largest absolute Gasteiger partial charge is 0.496 e. The van der Waals surface area contributed by atoms with Gasteiger partial charge in [0.2, 0.25) is 0 Å². The van der Waals surface area contributed by atoms with Gasteiger partial charge in [0.15, 0.2) is 5.96 Å². The van der Waals surface area contributed by atoms with Gasteiger partial charge in [0.05, 0.1) is 7.11 Å². The Hall–Kier alpha value is -2.08. The summed E-state index contributed by atoms with van der Waals surface area (Å²) >= 11 is 3.29. The van der Waals surface area contributed by atoms with Crippen LogP contribution in [0.25, 0.3) is 0 Å². The highest BCUT2D eigenvalue weighted by molar-refractivity contribution is 9.10. The molecular formula is C14H15BrN4O. The second-order valence-electron chi connectivity index (χ2n) is 4.01. The zero-order valence-electron chi connectivity index (χ0n) is 11.0. The Labute approximate surface area is 126 Å². The average molecular weight is 335 g/mol. The summed E-state index contributed by atoms with van der Waals surface area (Å²) in [5.74, 6) is 1.59. The van der Waals surface area contributed by atoms with Gasteiger partial charge in [-0.2, -0.15) is 0 Å². The Morgan fingerprint density at radius 1 is 1.25 bits per heavy atom. The third kappa shape index (κ3) is 3.96. The molecule has 104 valence electrons. The maximum atomic E-state index is 7.86. The summed E-state index contributed by atoms with van der Waals surface area (Å²) in [5, 5.41) is 13.7. The van der Waals surface area contributed by atoms with Gasteiger partial charge in [-0.05, 0) is 34.1 Å². The molecule has 20 heavy (non-hydrogen) atoms. The molecule has 0 aliphatic rings. The fourth-order valence-electron chi connectivity index (χ4n) is 1.68. The molecule has 2 aromatic rings. The zero-order valence-corrected chi connectivity index (χ0v) is 12.6. The van der Waals surface area contributed by atoms with Crippen molar-refractivity contribution >= 4 is 27.7 Å². The number of rotatable bonds is 4.